The summed E-state index contributed by atoms with van der Waals surface area (Å²) in [7, 11) is 0. The first-order chi connectivity index (χ1) is 7.16. The minimum atomic E-state index is 0.525. The van der Waals surface area contributed by atoms with E-state index in [1.165, 1.54) is 0 Å². The van der Waals surface area contributed by atoms with Crippen LogP contribution in [-0.4, -0.2) is 4.98 Å². The van der Waals surface area contributed by atoms with Crippen LogP contribution in [0, 0.1) is 0 Å². The Morgan fingerprint density at radius 3 is 2.40 bits per heavy atom. The molecule has 0 amide bonds. The van der Waals surface area contributed by atoms with Crippen molar-refractivity contribution in [2.75, 3.05) is 5.73 Å². The van der Waals surface area contributed by atoms with Crippen molar-refractivity contribution in [2.45, 2.75) is 0 Å². The average molecular weight is 239 g/mol. The molecule has 1 heterocycles. The van der Waals surface area contributed by atoms with Crippen LogP contribution in [0.25, 0.3) is 11.1 Å². The Kier molecular flexibility index (Phi) is 2.80. The highest BCUT2D eigenvalue weighted by molar-refractivity contribution is 6.42. The summed E-state index contributed by atoms with van der Waals surface area (Å²) in [6, 6.07) is 7.26. The van der Waals surface area contributed by atoms with Gasteiger partial charge in [-0.1, -0.05) is 29.3 Å². The molecule has 0 aliphatic rings. The molecule has 0 saturated heterocycles. The summed E-state index contributed by atoms with van der Waals surface area (Å²) in [6.07, 6.45) is 3.33. The molecular formula is C11H8Cl2N2. The van der Waals surface area contributed by atoms with E-state index in [2.05, 4.69) is 4.98 Å². The van der Waals surface area contributed by atoms with Crippen LogP contribution in [-0.2, 0) is 0 Å². The van der Waals surface area contributed by atoms with E-state index in [9.17, 15) is 0 Å². The van der Waals surface area contributed by atoms with E-state index in [0.29, 0.717) is 15.7 Å². The molecule has 1 aromatic carbocycles. The van der Waals surface area contributed by atoms with Crippen LogP contribution >= 0.6 is 23.2 Å². The standard InChI is InChI=1S/C11H8Cl2N2/c12-10-2-1-7(4-11(10)13)8-3-9(14)6-15-5-8/h1-6H,14H2. The first-order valence-corrected chi connectivity index (χ1v) is 5.08. The van der Waals surface area contributed by atoms with Gasteiger partial charge in [0, 0.05) is 18.0 Å². The molecule has 4 heteroatoms. The van der Waals surface area contributed by atoms with Gasteiger partial charge in [-0.15, -0.1) is 0 Å². The largest absolute Gasteiger partial charge is 0.397 e. The molecule has 0 unspecified atom stereocenters. The second-order valence-electron chi connectivity index (χ2n) is 3.14. The number of benzene rings is 1. The smallest absolute Gasteiger partial charge is 0.0598 e. The molecule has 0 radical (unpaired) electrons. The quantitative estimate of drug-likeness (QED) is 0.825. The van der Waals surface area contributed by atoms with Gasteiger partial charge in [-0.2, -0.15) is 0 Å². The SMILES string of the molecule is Nc1cncc(-c2ccc(Cl)c(Cl)c2)c1. The number of nitrogen functional groups attached to an aromatic ring is 1. The molecule has 2 N–H and O–H groups in total. The zero-order valence-corrected chi connectivity index (χ0v) is 9.26. The molecule has 0 atom stereocenters. The zero-order valence-electron chi connectivity index (χ0n) is 7.74. The lowest BCUT2D eigenvalue weighted by atomic mass is 10.1. The van der Waals surface area contributed by atoms with Crippen LogP contribution in [0.15, 0.2) is 36.7 Å². The van der Waals surface area contributed by atoms with Crippen LogP contribution < -0.4 is 5.73 Å². The predicted molar refractivity (Wildman–Crippen MR) is 64.1 cm³/mol. The predicted octanol–water partition coefficient (Wildman–Crippen LogP) is 3.64. The van der Waals surface area contributed by atoms with Crippen LogP contribution in [0.3, 0.4) is 0 Å². The Balaban J connectivity index is 2.50. The normalized spacial score (nSPS) is 10.3. The minimum absolute atomic E-state index is 0.525. The van der Waals surface area contributed by atoms with Crippen LogP contribution in [0.4, 0.5) is 5.69 Å². The summed E-state index contributed by atoms with van der Waals surface area (Å²) in [4.78, 5) is 4.01. The van der Waals surface area contributed by atoms with E-state index >= 15 is 0 Å². The topological polar surface area (TPSA) is 38.9 Å². The monoisotopic (exact) mass is 238 g/mol. The minimum Gasteiger partial charge on any atom is -0.397 e. The molecule has 2 aromatic rings. The summed E-state index contributed by atoms with van der Waals surface area (Å²) in [5.74, 6) is 0. The summed E-state index contributed by atoms with van der Waals surface area (Å²) < 4.78 is 0. The van der Waals surface area contributed by atoms with Gasteiger partial charge in [-0.3, -0.25) is 4.98 Å². The Labute approximate surface area is 97.7 Å². The number of anilines is 1. The van der Waals surface area contributed by atoms with E-state index in [-0.39, 0.29) is 0 Å². The van der Waals surface area contributed by atoms with E-state index < -0.39 is 0 Å². The van der Waals surface area contributed by atoms with Gasteiger partial charge in [-0.25, -0.2) is 0 Å². The molecule has 0 fully saturated rings. The fraction of sp³-hybridized carbons (Fsp3) is 0. The molecule has 2 rings (SSSR count). The van der Waals surface area contributed by atoms with Crippen molar-refractivity contribution in [2.24, 2.45) is 0 Å². The van der Waals surface area contributed by atoms with Crippen molar-refractivity contribution in [3.63, 3.8) is 0 Å². The number of nitrogens with two attached hydrogens (primary N) is 1. The lowest BCUT2D eigenvalue weighted by Crippen LogP contribution is -1.87. The van der Waals surface area contributed by atoms with Crippen LogP contribution in [0.1, 0.15) is 0 Å². The Bertz CT molecular complexity index is 498. The number of hydrogen-bond donors (Lipinski definition) is 1. The first kappa shape index (κ1) is 10.3. The third-order valence-electron chi connectivity index (χ3n) is 2.01. The van der Waals surface area contributed by atoms with Gasteiger partial charge in [0.05, 0.1) is 15.7 Å². The third-order valence-corrected chi connectivity index (χ3v) is 2.75. The number of halogens is 2. The molecule has 0 spiro atoms. The number of hydrogen-bond acceptors (Lipinski definition) is 2. The fourth-order valence-corrected chi connectivity index (χ4v) is 1.59. The summed E-state index contributed by atoms with van der Waals surface area (Å²) in [5.41, 5.74) is 8.14. The Morgan fingerprint density at radius 1 is 0.933 bits per heavy atom. The van der Waals surface area contributed by atoms with Crippen molar-refractivity contribution >= 4 is 28.9 Å². The number of pyridine rings is 1. The van der Waals surface area contributed by atoms with Gasteiger partial charge in [-0.05, 0) is 23.8 Å². The van der Waals surface area contributed by atoms with Crippen molar-refractivity contribution in [3.05, 3.63) is 46.7 Å². The second kappa shape index (κ2) is 4.09. The van der Waals surface area contributed by atoms with Crippen molar-refractivity contribution in [1.29, 1.82) is 0 Å². The number of aromatic nitrogens is 1. The molecule has 15 heavy (non-hydrogen) atoms. The van der Waals surface area contributed by atoms with E-state index in [1.807, 2.05) is 12.1 Å². The van der Waals surface area contributed by atoms with Crippen LogP contribution in [0.5, 0.6) is 0 Å². The molecule has 0 bridgehead atoms. The third kappa shape index (κ3) is 2.22. The van der Waals surface area contributed by atoms with Gasteiger partial charge < -0.3 is 5.73 Å². The second-order valence-corrected chi connectivity index (χ2v) is 3.95. The van der Waals surface area contributed by atoms with Crippen molar-refractivity contribution in [3.8, 4) is 11.1 Å². The fourth-order valence-electron chi connectivity index (χ4n) is 1.29. The summed E-state index contributed by atoms with van der Waals surface area (Å²) in [6.45, 7) is 0. The van der Waals surface area contributed by atoms with Gasteiger partial charge in [0.2, 0.25) is 0 Å². The molecule has 0 saturated carbocycles. The summed E-state index contributed by atoms with van der Waals surface area (Å²) in [5, 5.41) is 1.06. The van der Waals surface area contributed by atoms with Crippen LogP contribution in [0.2, 0.25) is 10.0 Å². The first-order valence-electron chi connectivity index (χ1n) is 4.33. The maximum absolute atomic E-state index is 5.92. The molecule has 0 aliphatic carbocycles. The molecule has 2 nitrogen and oxygen atoms in total. The van der Waals surface area contributed by atoms with Gasteiger partial charge in [0.15, 0.2) is 0 Å². The number of nitrogens with zero attached hydrogens (tertiary/aromatic N) is 1. The Hall–Kier alpha value is -1.25. The lowest BCUT2D eigenvalue weighted by Gasteiger charge is -2.03. The van der Waals surface area contributed by atoms with Crippen molar-refractivity contribution in [1.82, 2.24) is 4.98 Å². The van der Waals surface area contributed by atoms with E-state index in [4.69, 9.17) is 28.9 Å². The highest BCUT2D eigenvalue weighted by atomic mass is 35.5. The lowest BCUT2D eigenvalue weighted by molar-refractivity contribution is 1.33. The van der Waals surface area contributed by atoms with Gasteiger partial charge >= 0.3 is 0 Å². The summed E-state index contributed by atoms with van der Waals surface area (Å²) >= 11 is 11.7. The molecular weight excluding hydrogens is 231 g/mol. The number of rotatable bonds is 1. The zero-order chi connectivity index (χ0) is 10.8. The van der Waals surface area contributed by atoms with Gasteiger partial charge in [0.1, 0.15) is 0 Å². The maximum atomic E-state index is 5.92. The van der Waals surface area contributed by atoms with E-state index in [1.54, 1.807) is 24.5 Å². The molecule has 1 aromatic heterocycles. The van der Waals surface area contributed by atoms with Gasteiger partial charge in [0.25, 0.3) is 0 Å². The highest BCUT2D eigenvalue weighted by Gasteiger charge is 2.02. The highest BCUT2D eigenvalue weighted by Crippen LogP contribution is 2.28. The van der Waals surface area contributed by atoms with E-state index in [0.717, 1.165) is 11.1 Å². The molecule has 0 aliphatic heterocycles. The Morgan fingerprint density at radius 2 is 1.73 bits per heavy atom. The molecule has 76 valence electrons. The average Bonchev–Trinajstić information content (AvgIpc) is 2.22. The van der Waals surface area contributed by atoms with Crippen molar-refractivity contribution < 1.29 is 0 Å². The maximum Gasteiger partial charge on any atom is 0.0598 e.